The van der Waals surface area contributed by atoms with Crippen LogP contribution in [-0.2, 0) is 26.0 Å². The molecule has 0 spiro atoms. The van der Waals surface area contributed by atoms with Crippen LogP contribution >= 0.6 is 11.3 Å². The van der Waals surface area contributed by atoms with Crippen molar-refractivity contribution < 1.29 is 28.6 Å². The largest absolute Gasteiger partial charge is 0.458 e. The van der Waals surface area contributed by atoms with Gasteiger partial charge in [0.1, 0.15) is 23.3 Å². The number of hydrogen-bond donors (Lipinski definition) is 0. The number of thiazole rings is 1. The number of ether oxygens (including phenoxy) is 3. The second-order valence-corrected chi connectivity index (χ2v) is 19.6. The first-order valence-electron chi connectivity index (χ1n) is 23.1. The molecular formula is C55H61NO6S. The third-order valence-electron chi connectivity index (χ3n) is 14.4. The number of unbranched alkanes of at least 4 members (excludes halogenated alkanes) is 1. The summed E-state index contributed by atoms with van der Waals surface area (Å²) in [5, 5.41) is 1.09. The van der Waals surface area contributed by atoms with Crippen LogP contribution in [-0.4, -0.2) is 41.2 Å². The number of fused-ring (bicyclic) bond motifs is 1. The summed E-state index contributed by atoms with van der Waals surface area (Å²) in [6.45, 7) is 11.5. The quantitative estimate of drug-likeness (QED) is 0.0667. The van der Waals surface area contributed by atoms with Crippen molar-refractivity contribution in [1.29, 1.82) is 0 Å². The fraction of sp³-hybridized carbons (Fsp3) is 0.418. The summed E-state index contributed by atoms with van der Waals surface area (Å²) >= 11 is 1.79. The Bertz CT molecular complexity index is 2340. The molecule has 7 atom stereocenters. The number of carbonyl (C=O) groups is 3. The van der Waals surface area contributed by atoms with Crippen molar-refractivity contribution in [1.82, 2.24) is 4.98 Å². The van der Waals surface area contributed by atoms with Crippen molar-refractivity contribution in [3.05, 3.63) is 171 Å². The molecule has 8 rings (SSSR count). The van der Waals surface area contributed by atoms with Gasteiger partial charge >= 0.3 is 17.9 Å². The Morgan fingerprint density at radius 1 is 0.841 bits per heavy atom. The van der Waals surface area contributed by atoms with Gasteiger partial charge in [-0.2, -0.15) is 0 Å². The van der Waals surface area contributed by atoms with Gasteiger partial charge in [0.25, 0.3) is 0 Å². The van der Waals surface area contributed by atoms with Crippen LogP contribution in [0.3, 0.4) is 0 Å². The third-order valence-corrected chi connectivity index (χ3v) is 15.6. The van der Waals surface area contributed by atoms with E-state index in [-0.39, 0.29) is 22.7 Å². The van der Waals surface area contributed by atoms with Crippen molar-refractivity contribution in [3.8, 4) is 0 Å². The van der Waals surface area contributed by atoms with Crippen LogP contribution in [0.1, 0.15) is 132 Å². The maximum Gasteiger partial charge on any atom is 0.338 e. The third kappa shape index (κ3) is 9.92. The molecule has 1 heterocycles. The van der Waals surface area contributed by atoms with E-state index in [1.54, 1.807) is 35.6 Å². The van der Waals surface area contributed by atoms with Crippen LogP contribution in [0.2, 0.25) is 0 Å². The molecule has 8 heteroatoms. The van der Waals surface area contributed by atoms with E-state index in [0.717, 1.165) is 80.4 Å². The van der Waals surface area contributed by atoms with Gasteiger partial charge in [0.2, 0.25) is 0 Å². The number of aromatic nitrogens is 1. The topological polar surface area (TPSA) is 91.8 Å². The summed E-state index contributed by atoms with van der Waals surface area (Å²) in [5.74, 6) is 0.0568. The van der Waals surface area contributed by atoms with Gasteiger partial charge in [-0.05, 0) is 135 Å². The minimum atomic E-state index is -0.630. The van der Waals surface area contributed by atoms with Crippen molar-refractivity contribution in [2.45, 2.75) is 122 Å². The van der Waals surface area contributed by atoms with Crippen LogP contribution in [0.5, 0.6) is 0 Å². The number of hydrogen-bond acceptors (Lipinski definition) is 8. The maximum atomic E-state index is 13.6. The number of rotatable bonds is 15. The Hall–Kier alpha value is -5.34. The Kier molecular flexibility index (Phi) is 13.8. The van der Waals surface area contributed by atoms with E-state index < -0.39 is 30.3 Å². The van der Waals surface area contributed by atoms with Gasteiger partial charge in [-0.3, -0.25) is 0 Å². The van der Waals surface area contributed by atoms with E-state index in [1.165, 1.54) is 10.5 Å². The highest BCUT2D eigenvalue weighted by molar-refractivity contribution is 7.11. The maximum absolute atomic E-state index is 13.6. The first kappa shape index (κ1) is 44.3. The van der Waals surface area contributed by atoms with Gasteiger partial charge in [0.05, 0.1) is 22.1 Å². The van der Waals surface area contributed by atoms with E-state index in [0.29, 0.717) is 41.4 Å². The van der Waals surface area contributed by atoms with E-state index in [9.17, 15) is 14.4 Å². The molecule has 4 fully saturated rings. The van der Waals surface area contributed by atoms with E-state index >= 15 is 0 Å². The molecule has 0 aliphatic heterocycles. The summed E-state index contributed by atoms with van der Waals surface area (Å²) in [7, 11) is 0. The van der Waals surface area contributed by atoms with Gasteiger partial charge < -0.3 is 14.2 Å². The molecule has 0 bridgehead atoms. The van der Waals surface area contributed by atoms with Crippen LogP contribution < -0.4 is 0 Å². The lowest BCUT2D eigenvalue weighted by atomic mass is 9.61. The first-order valence-corrected chi connectivity index (χ1v) is 23.9. The molecule has 7 nitrogen and oxygen atoms in total. The number of benzene rings is 3. The molecule has 4 aromatic rings. The monoisotopic (exact) mass is 863 g/mol. The van der Waals surface area contributed by atoms with Crippen molar-refractivity contribution in [2.75, 3.05) is 0 Å². The molecular weight excluding hydrogens is 803 g/mol. The lowest BCUT2D eigenvalue weighted by Crippen LogP contribution is -2.36. The van der Waals surface area contributed by atoms with Crippen molar-refractivity contribution in [2.24, 2.45) is 23.2 Å². The van der Waals surface area contributed by atoms with E-state index in [1.807, 2.05) is 72.9 Å². The molecule has 0 unspecified atom stereocenters. The van der Waals surface area contributed by atoms with Gasteiger partial charge in [0.15, 0.2) is 0 Å². The van der Waals surface area contributed by atoms with Crippen LogP contribution in [0.15, 0.2) is 145 Å². The summed E-state index contributed by atoms with van der Waals surface area (Å²) < 4.78 is 18.6. The number of carbonyl (C=O) groups excluding carboxylic acids is 3. The molecule has 4 aliphatic rings. The Morgan fingerprint density at radius 3 is 2.11 bits per heavy atom. The Balaban J connectivity index is 1.01. The SMILES string of the molecule is C=C1/C(=C\C=C2/CCC[C@]3(C)[C@@H]([C@H](C)/C=C/[C@@H](OC(=O)c4ccccc4)C4(c5ncc(CCCC)s5)CC4)CC[C@@H]23)C[C@@H](OC(=O)c2ccccc2)C[C@@H]1OC(=O)c1ccccc1. The number of allylic oxidation sites excluding steroid dienone is 4. The summed E-state index contributed by atoms with van der Waals surface area (Å²) in [6, 6.07) is 27.3. The molecule has 1 aromatic heterocycles. The predicted octanol–water partition coefficient (Wildman–Crippen LogP) is 12.8. The summed E-state index contributed by atoms with van der Waals surface area (Å²) in [4.78, 5) is 46.3. The second kappa shape index (κ2) is 19.6. The van der Waals surface area contributed by atoms with Gasteiger partial charge in [-0.25, -0.2) is 19.4 Å². The first-order chi connectivity index (χ1) is 30.6. The molecule has 0 radical (unpaired) electrons. The smallest absolute Gasteiger partial charge is 0.338 e. The molecule has 4 aliphatic carbocycles. The zero-order valence-electron chi connectivity index (χ0n) is 37.0. The Labute approximate surface area is 377 Å². The summed E-state index contributed by atoms with van der Waals surface area (Å²) in [6.07, 6.45) is 21.1. The fourth-order valence-electron chi connectivity index (χ4n) is 10.6. The average Bonchev–Trinajstić information content (AvgIpc) is 3.82. The highest BCUT2D eigenvalue weighted by Gasteiger charge is 2.55. The highest BCUT2D eigenvalue weighted by Crippen LogP contribution is 2.60. The number of nitrogens with zero attached hydrogens (tertiary/aromatic N) is 1. The molecule has 0 N–H and O–H groups in total. The molecule has 3 aromatic carbocycles. The minimum Gasteiger partial charge on any atom is -0.458 e. The van der Waals surface area contributed by atoms with Crippen LogP contribution in [0.4, 0.5) is 0 Å². The molecule has 4 saturated carbocycles. The Morgan fingerprint density at radius 2 is 1.48 bits per heavy atom. The minimum absolute atomic E-state index is 0.106. The summed E-state index contributed by atoms with van der Waals surface area (Å²) in [5.41, 5.74) is 4.46. The van der Waals surface area contributed by atoms with Crippen molar-refractivity contribution >= 4 is 29.2 Å². The van der Waals surface area contributed by atoms with E-state index in [4.69, 9.17) is 19.2 Å². The lowest BCUT2D eigenvalue weighted by molar-refractivity contribution is 0.00212. The zero-order valence-corrected chi connectivity index (χ0v) is 37.8. The predicted molar refractivity (Wildman–Crippen MR) is 250 cm³/mol. The van der Waals surface area contributed by atoms with E-state index in [2.05, 4.69) is 51.7 Å². The van der Waals surface area contributed by atoms with Crippen LogP contribution in [0, 0.1) is 23.2 Å². The molecule has 328 valence electrons. The standard InChI is InChI=1S/C55H61NO6S/c1-5-6-24-45-36-56-53(63-45)55(32-33-55)49(62-52(59)42-21-14-9-15-22-42)30-25-37(2)46-28-29-47-39(23-16-31-54(46,47)4)26-27-43-34-44(60-50(57)40-17-10-7-11-18-40)35-48(38(43)3)61-51(58)41-19-12-8-13-20-41/h7-15,17-22,25-27,30,36-37,44,46-49H,3,5-6,16,23-24,28-29,31-35H2,1-2,4H3/b30-25+,39-26+,43-27-/t37-,44-,46-,47+,48+,49-,54-/m1/s1. The fourth-order valence-corrected chi connectivity index (χ4v) is 11.8. The molecule has 0 amide bonds. The van der Waals surface area contributed by atoms with Gasteiger partial charge in [-0.15, -0.1) is 11.3 Å². The molecule has 63 heavy (non-hydrogen) atoms. The van der Waals surface area contributed by atoms with Crippen molar-refractivity contribution in [3.63, 3.8) is 0 Å². The van der Waals surface area contributed by atoms with Crippen LogP contribution in [0.25, 0.3) is 0 Å². The van der Waals surface area contributed by atoms with Gasteiger partial charge in [0, 0.05) is 23.9 Å². The highest BCUT2D eigenvalue weighted by atomic mass is 32.1. The number of esters is 3. The number of aryl methyl sites for hydroxylation is 1. The zero-order chi connectivity index (χ0) is 44.0. The second-order valence-electron chi connectivity index (χ2n) is 18.5. The normalized spacial score (nSPS) is 26.2. The molecule has 0 saturated heterocycles. The van der Waals surface area contributed by atoms with Gasteiger partial charge in [-0.1, -0.05) is 112 Å². The lowest BCUT2D eigenvalue weighted by Gasteiger charge is -2.44. The average molecular weight is 864 g/mol.